The highest BCUT2D eigenvalue weighted by atomic mass is 79.9. The number of ether oxygens (including phenoxy) is 1. The van der Waals surface area contributed by atoms with Gasteiger partial charge in [0.25, 0.3) is 0 Å². The van der Waals surface area contributed by atoms with E-state index in [4.69, 9.17) is 27.9 Å². The first-order chi connectivity index (χ1) is 6.20. The van der Waals surface area contributed by atoms with Crippen LogP contribution in [0.25, 0.3) is 0 Å². The molecule has 0 atom stereocenters. The standard InChI is InChI=1S/C8H4BrCl2NO/c9-4-3-5-8(7(11)6(4)10)13-2-1-12-5/h1-3,12H. The molecule has 0 saturated carbocycles. The second-order valence-electron chi connectivity index (χ2n) is 2.43. The van der Waals surface area contributed by atoms with E-state index in [-0.39, 0.29) is 0 Å². The first-order valence-electron chi connectivity index (χ1n) is 3.46. The predicted molar refractivity (Wildman–Crippen MR) is 57.6 cm³/mol. The molecule has 5 heteroatoms. The lowest BCUT2D eigenvalue weighted by molar-refractivity contribution is 0.477. The Bertz CT molecular complexity index is 392. The Balaban J connectivity index is 2.64. The van der Waals surface area contributed by atoms with E-state index in [1.165, 1.54) is 6.26 Å². The second-order valence-corrected chi connectivity index (χ2v) is 4.04. The van der Waals surface area contributed by atoms with Crippen LogP contribution < -0.4 is 10.1 Å². The summed E-state index contributed by atoms with van der Waals surface area (Å²) >= 11 is 15.1. The molecule has 0 amide bonds. The second kappa shape index (κ2) is 3.40. The van der Waals surface area contributed by atoms with Crippen molar-refractivity contribution in [2.75, 3.05) is 5.32 Å². The predicted octanol–water partition coefficient (Wildman–Crippen LogP) is 4.03. The average Bonchev–Trinajstić information content (AvgIpc) is 2.15. The lowest BCUT2D eigenvalue weighted by atomic mass is 10.3. The summed E-state index contributed by atoms with van der Waals surface area (Å²) in [5.74, 6) is 0.553. The number of fused-ring (bicyclic) bond motifs is 1. The SMILES string of the molecule is Clc1c(Br)cc2c(c1Cl)OC=CN2. The molecule has 1 aliphatic heterocycles. The zero-order chi connectivity index (χ0) is 9.42. The van der Waals surface area contributed by atoms with Crippen molar-refractivity contribution in [1.29, 1.82) is 0 Å². The van der Waals surface area contributed by atoms with Crippen LogP contribution in [0.4, 0.5) is 5.69 Å². The van der Waals surface area contributed by atoms with Crippen molar-refractivity contribution in [3.05, 3.63) is 33.0 Å². The monoisotopic (exact) mass is 279 g/mol. The Morgan fingerprint density at radius 3 is 2.85 bits per heavy atom. The smallest absolute Gasteiger partial charge is 0.170 e. The molecule has 2 rings (SSSR count). The van der Waals surface area contributed by atoms with E-state index in [1.807, 2.05) is 6.07 Å². The Labute approximate surface area is 93.6 Å². The maximum atomic E-state index is 5.96. The number of rotatable bonds is 0. The van der Waals surface area contributed by atoms with Gasteiger partial charge in [-0.25, -0.2) is 0 Å². The van der Waals surface area contributed by atoms with Gasteiger partial charge in [0, 0.05) is 10.7 Å². The number of hydrogen-bond acceptors (Lipinski definition) is 2. The van der Waals surface area contributed by atoms with Gasteiger partial charge in [-0.1, -0.05) is 23.2 Å². The van der Waals surface area contributed by atoms with Gasteiger partial charge < -0.3 is 10.1 Å². The molecule has 1 aliphatic rings. The molecule has 0 saturated heterocycles. The molecular formula is C8H4BrCl2NO. The molecule has 0 bridgehead atoms. The molecule has 0 spiro atoms. The molecule has 13 heavy (non-hydrogen) atoms. The molecular weight excluding hydrogens is 277 g/mol. The van der Waals surface area contributed by atoms with Crippen molar-refractivity contribution in [1.82, 2.24) is 0 Å². The van der Waals surface area contributed by atoms with Crippen LogP contribution in [0.5, 0.6) is 5.75 Å². The Hall–Kier alpha value is -0.380. The minimum Gasteiger partial charge on any atom is -0.460 e. The normalized spacial score (nSPS) is 13.2. The van der Waals surface area contributed by atoms with E-state index in [1.54, 1.807) is 6.20 Å². The zero-order valence-corrected chi connectivity index (χ0v) is 9.37. The van der Waals surface area contributed by atoms with Gasteiger partial charge in [0.05, 0.1) is 10.7 Å². The van der Waals surface area contributed by atoms with E-state index in [9.17, 15) is 0 Å². The molecule has 1 heterocycles. The maximum Gasteiger partial charge on any atom is 0.170 e. The molecule has 1 aromatic carbocycles. The van der Waals surface area contributed by atoms with Crippen LogP contribution in [0, 0.1) is 0 Å². The first kappa shape index (κ1) is 9.19. The van der Waals surface area contributed by atoms with Crippen molar-refractivity contribution < 1.29 is 4.74 Å². The minimum absolute atomic E-state index is 0.405. The van der Waals surface area contributed by atoms with E-state index in [0.29, 0.717) is 15.8 Å². The van der Waals surface area contributed by atoms with E-state index in [2.05, 4.69) is 21.2 Å². The van der Waals surface area contributed by atoms with Gasteiger partial charge >= 0.3 is 0 Å². The molecule has 0 aromatic heterocycles. The van der Waals surface area contributed by atoms with Gasteiger partial charge in [-0.05, 0) is 22.0 Å². The Morgan fingerprint density at radius 1 is 1.31 bits per heavy atom. The highest BCUT2D eigenvalue weighted by Crippen LogP contribution is 2.44. The molecule has 1 aromatic rings. The summed E-state index contributed by atoms with van der Waals surface area (Å²) < 4.78 is 5.95. The van der Waals surface area contributed by atoms with Gasteiger partial charge in [0.1, 0.15) is 11.3 Å². The largest absolute Gasteiger partial charge is 0.460 e. The van der Waals surface area contributed by atoms with Crippen LogP contribution in [0.1, 0.15) is 0 Å². The van der Waals surface area contributed by atoms with E-state index >= 15 is 0 Å². The average molecular weight is 281 g/mol. The quantitative estimate of drug-likeness (QED) is 0.725. The molecule has 2 nitrogen and oxygen atoms in total. The van der Waals surface area contributed by atoms with E-state index in [0.717, 1.165) is 10.2 Å². The van der Waals surface area contributed by atoms with Gasteiger partial charge in [0.2, 0.25) is 0 Å². The summed E-state index contributed by atoms with van der Waals surface area (Å²) in [4.78, 5) is 0. The van der Waals surface area contributed by atoms with Crippen LogP contribution in [0.15, 0.2) is 23.0 Å². The van der Waals surface area contributed by atoms with Crippen LogP contribution in [0.3, 0.4) is 0 Å². The molecule has 0 fully saturated rings. The van der Waals surface area contributed by atoms with Gasteiger partial charge in [-0.2, -0.15) is 0 Å². The summed E-state index contributed by atoms with van der Waals surface area (Å²) in [7, 11) is 0. The van der Waals surface area contributed by atoms with Crippen molar-refractivity contribution in [3.63, 3.8) is 0 Å². The summed E-state index contributed by atoms with van der Waals surface area (Å²) in [6.07, 6.45) is 3.19. The van der Waals surface area contributed by atoms with Crippen molar-refractivity contribution in [2.24, 2.45) is 0 Å². The fraction of sp³-hybridized carbons (Fsp3) is 0. The topological polar surface area (TPSA) is 21.3 Å². The van der Waals surface area contributed by atoms with Crippen LogP contribution in [0.2, 0.25) is 10.0 Å². The van der Waals surface area contributed by atoms with Gasteiger partial charge in [0.15, 0.2) is 5.75 Å². The third-order valence-electron chi connectivity index (χ3n) is 1.61. The van der Waals surface area contributed by atoms with Gasteiger partial charge in [-0.3, -0.25) is 0 Å². The lowest BCUT2D eigenvalue weighted by Gasteiger charge is -2.15. The van der Waals surface area contributed by atoms with Crippen LogP contribution in [-0.4, -0.2) is 0 Å². The van der Waals surface area contributed by atoms with Crippen LogP contribution in [-0.2, 0) is 0 Å². The third kappa shape index (κ3) is 1.52. The minimum atomic E-state index is 0.405. The van der Waals surface area contributed by atoms with E-state index < -0.39 is 0 Å². The fourth-order valence-electron chi connectivity index (χ4n) is 1.03. The lowest BCUT2D eigenvalue weighted by Crippen LogP contribution is -2.00. The number of hydrogen-bond donors (Lipinski definition) is 1. The zero-order valence-electron chi connectivity index (χ0n) is 6.27. The summed E-state index contributed by atoms with van der Waals surface area (Å²) in [6.45, 7) is 0. The Kier molecular flexibility index (Phi) is 2.41. The first-order valence-corrected chi connectivity index (χ1v) is 5.01. The summed E-state index contributed by atoms with van der Waals surface area (Å²) in [5.41, 5.74) is 0.795. The van der Waals surface area contributed by atoms with Gasteiger partial charge in [-0.15, -0.1) is 0 Å². The molecule has 0 unspecified atom stereocenters. The summed E-state index contributed by atoms with van der Waals surface area (Å²) in [5, 5.41) is 3.85. The highest BCUT2D eigenvalue weighted by molar-refractivity contribution is 9.10. The third-order valence-corrected chi connectivity index (χ3v) is 3.31. The number of nitrogens with one attached hydrogen (secondary N) is 1. The molecule has 0 radical (unpaired) electrons. The molecule has 0 aliphatic carbocycles. The van der Waals surface area contributed by atoms with Crippen molar-refractivity contribution >= 4 is 44.8 Å². The maximum absolute atomic E-state index is 5.96. The fourth-order valence-corrected chi connectivity index (χ4v) is 1.96. The van der Waals surface area contributed by atoms with Crippen molar-refractivity contribution in [3.8, 4) is 5.75 Å². The Morgan fingerprint density at radius 2 is 2.08 bits per heavy atom. The number of anilines is 1. The molecule has 1 N–H and O–H groups in total. The molecule has 68 valence electrons. The van der Waals surface area contributed by atoms with Crippen molar-refractivity contribution in [2.45, 2.75) is 0 Å². The van der Waals surface area contributed by atoms with Crippen LogP contribution >= 0.6 is 39.1 Å². The highest BCUT2D eigenvalue weighted by Gasteiger charge is 2.16. The number of halogens is 3. The number of benzene rings is 1. The summed E-state index contributed by atoms with van der Waals surface area (Å²) in [6, 6.07) is 1.81.